The molecule has 0 aromatic heterocycles. The van der Waals surface area contributed by atoms with Crippen molar-refractivity contribution in [2.75, 3.05) is 26.7 Å². The molecule has 0 aliphatic rings. The number of aliphatic carboxylic acids is 1. The van der Waals surface area contributed by atoms with E-state index in [1.165, 1.54) is 12.0 Å². The van der Waals surface area contributed by atoms with Gasteiger partial charge in [0.2, 0.25) is 0 Å². The topological polar surface area (TPSA) is 95.9 Å². The largest absolute Gasteiger partial charge is 0.481 e. The highest BCUT2D eigenvalue weighted by Crippen LogP contribution is 1.99. The van der Waals surface area contributed by atoms with E-state index in [0.717, 1.165) is 12.8 Å². The molecule has 0 spiro atoms. The van der Waals surface area contributed by atoms with Gasteiger partial charge >= 0.3 is 18.0 Å². The number of carboxylic acids is 1. The Bertz CT molecular complexity index is 306. The first-order valence-electron chi connectivity index (χ1n) is 6.32. The van der Waals surface area contributed by atoms with Crippen molar-refractivity contribution in [3.63, 3.8) is 0 Å². The lowest BCUT2D eigenvalue weighted by Crippen LogP contribution is -2.43. The van der Waals surface area contributed by atoms with E-state index in [1.54, 1.807) is 6.92 Å². The van der Waals surface area contributed by atoms with E-state index in [9.17, 15) is 14.4 Å². The van der Waals surface area contributed by atoms with Crippen LogP contribution < -0.4 is 5.32 Å². The number of likely N-dealkylation sites (N-methyl/N-ethyl adjacent to an activating group) is 1. The number of hydrogen-bond acceptors (Lipinski definition) is 4. The van der Waals surface area contributed by atoms with Gasteiger partial charge in [-0.1, -0.05) is 6.42 Å². The maximum absolute atomic E-state index is 11.7. The Hall–Kier alpha value is -1.79. The van der Waals surface area contributed by atoms with Gasteiger partial charge in [0.15, 0.2) is 0 Å². The highest BCUT2D eigenvalue weighted by Gasteiger charge is 2.14. The summed E-state index contributed by atoms with van der Waals surface area (Å²) in [4.78, 5) is 34.4. The van der Waals surface area contributed by atoms with Gasteiger partial charge in [0.1, 0.15) is 6.54 Å². The Morgan fingerprint density at radius 2 is 1.89 bits per heavy atom. The number of urea groups is 1. The first-order valence-corrected chi connectivity index (χ1v) is 6.32. The normalized spacial score (nSPS) is 9.79. The van der Waals surface area contributed by atoms with Crippen LogP contribution in [0.2, 0.25) is 0 Å². The summed E-state index contributed by atoms with van der Waals surface area (Å²) in [7, 11) is 1.27. The Balaban J connectivity index is 3.76. The van der Waals surface area contributed by atoms with Crippen LogP contribution in [0.4, 0.5) is 4.79 Å². The molecule has 0 saturated heterocycles. The van der Waals surface area contributed by atoms with Gasteiger partial charge in [-0.2, -0.15) is 0 Å². The average molecular weight is 274 g/mol. The summed E-state index contributed by atoms with van der Waals surface area (Å²) in [5, 5.41) is 11.1. The molecule has 0 saturated carbocycles. The van der Waals surface area contributed by atoms with Gasteiger partial charge in [0.05, 0.1) is 7.11 Å². The summed E-state index contributed by atoms with van der Waals surface area (Å²) >= 11 is 0. The second kappa shape index (κ2) is 10.2. The van der Waals surface area contributed by atoms with Crippen LogP contribution in [-0.2, 0) is 14.3 Å². The number of amides is 2. The molecule has 7 heteroatoms. The molecule has 0 aromatic carbocycles. The summed E-state index contributed by atoms with van der Waals surface area (Å²) in [5.74, 6) is -1.27. The number of unbranched alkanes of at least 4 members (excludes halogenated alkanes) is 2. The Morgan fingerprint density at radius 3 is 2.42 bits per heavy atom. The minimum Gasteiger partial charge on any atom is -0.481 e. The molecule has 0 aliphatic heterocycles. The second-order valence-corrected chi connectivity index (χ2v) is 4.03. The molecule has 0 radical (unpaired) electrons. The van der Waals surface area contributed by atoms with Crippen LogP contribution in [0.25, 0.3) is 0 Å². The van der Waals surface area contributed by atoms with Gasteiger partial charge < -0.3 is 20.1 Å². The van der Waals surface area contributed by atoms with Gasteiger partial charge in [-0.05, 0) is 19.8 Å². The molecule has 7 nitrogen and oxygen atoms in total. The first kappa shape index (κ1) is 17.2. The molecule has 0 heterocycles. The predicted octanol–water partition coefficient (Wildman–Crippen LogP) is 0.836. The molecule has 0 atom stereocenters. The van der Waals surface area contributed by atoms with Gasteiger partial charge in [0.25, 0.3) is 0 Å². The summed E-state index contributed by atoms with van der Waals surface area (Å²) in [6, 6.07) is -0.314. The maximum Gasteiger partial charge on any atom is 0.325 e. The lowest BCUT2D eigenvalue weighted by Gasteiger charge is -2.19. The molecule has 110 valence electrons. The van der Waals surface area contributed by atoms with Crippen molar-refractivity contribution in [1.29, 1.82) is 0 Å². The third-order valence-corrected chi connectivity index (χ3v) is 2.56. The van der Waals surface area contributed by atoms with Crippen molar-refractivity contribution < 1.29 is 24.2 Å². The zero-order chi connectivity index (χ0) is 14.7. The van der Waals surface area contributed by atoms with Crippen LogP contribution in [0.15, 0.2) is 0 Å². The lowest BCUT2D eigenvalue weighted by atomic mass is 10.2. The highest BCUT2D eigenvalue weighted by molar-refractivity contribution is 5.80. The predicted molar refractivity (Wildman–Crippen MR) is 68.8 cm³/mol. The first-order chi connectivity index (χ1) is 9.01. The van der Waals surface area contributed by atoms with Crippen molar-refractivity contribution >= 4 is 18.0 Å². The number of methoxy groups -OCH3 is 1. The van der Waals surface area contributed by atoms with Crippen LogP contribution in [-0.4, -0.2) is 54.7 Å². The summed E-state index contributed by atoms with van der Waals surface area (Å²) in [6.07, 6.45) is 2.22. The molecule has 0 fully saturated rings. The third-order valence-electron chi connectivity index (χ3n) is 2.56. The lowest BCUT2D eigenvalue weighted by molar-refractivity contribution is -0.141. The zero-order valence-electron chi connectivity index (χ0n) is 11.5. The van der Waals surface area contributed by atoms with Crippen molar-refractivity contribution in [3.05, 3.63) is 0 Å². The van der Waals surface area contributed by atoms with E-state index in [-0.39, 0.29) is 19.0 Å². The van der Waals surface area contributed by atoms with Crippen molar-refractivity contribution in [2.45, 2.75) is 32.6 Å². The zero-order valence-corrected chi connectivity index (χ0v) is 11.5. The molecule has 0 rings (SSSR count). The number of rotatable bonds is 9. The SMILES string of the molecule is CCN(CC(=O)OC)C(=O)NCCCCCC(=O)O. The Kier molecular flexibility index (Phi) is 9.20. The quantitative estimate of drug-likeness (QED) is 0.479. The number of ether oxygens (including phenoxy) is 1. The molecule has 0 aromatic rings. The fraction of sp³-hybridized carbons (Fsp3) is 0.750. The van der Waals surface area contributed by atoms with Crippen LogP contribution in [0.3, 0.4) is 0 Å². The molecule has 0 unspecified atom stereocenters. The Labute approximate surface area is 112 Å². The maximum atomic E-state index is 11.7. The van der Waals surface area contributed by atoms with Crippen LogP contribution in [0, 0.1) is 0 Å². The summed E-state index contributed by atoms with van der Waals surface area (Å²) in [6.45, 7) is 2.59. The minimum absolute atomic E-state index is 0.0716. The number of nitrogens with one attached hydrogen (secondary N) is 1. The minimum atomic E-state index is -0.806. The number of esters is 1. The third kappa shape index (κ3) is 8.87. The van der Waals surface area contributed by atoms with E-state index in [1.807, 2.05) is 0 Å². The van der Waals surface area contributed by atoms with Gasteiger partial charge in [0, 0.05) is 19.5 Å². The van der Waals surface area contributed by atoms with E-state index < -0.39 is 11.9 Å². The van der Waals surface area contributed by atoms with E-state index in [2.05, 4.69) is 10.1 Å². The number of carbonyl (C=O) groups is 3. The monoisotopic (exact) mass is 274 g/mol. The standard InChI is InChI=1S/C12H22N2O5/c1-3-14(9-11(17)19-2)12(18)13-8-6-4-5-7-10(15)16/h3-9H2,1-2H3,(H,13,18)(H,15,16). The van der Waals surface area contributed by atoms with Gasteiger partial charge in [-0.25, -0.2) is 4.79 Å². The molecular formula is C12H22N2O5. The molecular weight excluding hydrogens is 252 g/mol. The van der Waals surface area contributed by atoms with Gasteiger partial charge in [-0.3, -0.25) is 9.59 Å². The Morgan fingerprint density at radius 1 is 1.21 bits per heavy atom. The van der Waals surface area contributed by atoms with Crippen LogP contribution >= 0.6 is 0 Å². The number of hydrogen-bond donors (Lipinski definition) is 2. The van der Waals surface area contributed by atoms with Crippen molar-refractivity contribution in [2.24, 2.45) is 0 Å². The van der Waals surface area contributed by atoms with Crippen molar-refractivity contribution in [3.8, 4) is 0 Å². The molecule has 0 bridgehead atoms. The molecule has 19 heavy (non-hydrogen) atoms. The molecule has 2 amide bonds. The number of nitrogens with zero attached hydrogens (tertiary/aromatic N) is 1. The average Bonchev–Trinajstić information content (AvgIpc) is 2.38. The summed E-state index contributed by atoms with van der Waals surface area (Å²) in [5.41, 5.74) is 0. The molecule has 0 aliphatic carbocycles. The van der Waals surface area contributed by atoms with E-state index >= 15 is 0 Å². The smallest absolute Gasteiger partial charge is 0.325 e. The number of carboxylic acid groups (broad SMARTS) is 1. The van der Waals surface area contributed by atoms with Gasteiger partial charge in [-0.15, -0.1) is 0 Å². The fourth-order valence-electron chi connectivity index (χ4n) is 1.43. The second-order valence-electron chi connectivity index (χ2n) is 4.03. The highest BCUT2D eigenvalue weighted by atomic mass is 16.5. The number of carbonyl (C=O) groups excluding carboxylic acids is 2. The van der Waals surface area contributed by atoms with E-state index in [0.29, 0.717) is 19.5 Å². The molecule has 2 N–H and O–H groups in total. The van der Waals surface area contributed by atoms with Crippen molar-refractivity contribution in [1.82, 2.24) is 10.2 Å². The van der Waals surface area contributed by atoms with Crippen LogP contribution in [0.1, 0.15) is 32.6 Å². The van der Waals surface area contributed by atoms with E-state index in [4.69, 9.17) is 5.11 Å². The van der Waals surface area contributed by atoms with Crippen LogP contribution in [0.5, 0.6) is 0 Å². The fourth-order valence-corrected chi connectivity index (χ4v) is 1.43. The summed E-state index contributed by atoms with van der Waals surface area (Å²) < 4.78 is 4.50.